The molecule has 0 bridgehead atoms. The van der Waals surface area contributed by atoms with Crippen molar-refractivity contribution in [2.45, 2.75) is 39.5 Å². The van der Waals surface area contributed by atoms with Gasteiger partial charge < -0.3 is 9.30 Å². The van der Waals surface area contributed by atoms with Gasteiger partial charge in [0.1, 0.15) is 18.2 Å². The van der Waals surface area contributed by atoms with Crippen LogP contribution in [0.1, 0.15) is 29.9 Å². The number of nitrogens with zero attached hydrogens (tertiary/aromatic N) is 4. The Kier molecular flexibility index (Phi) is 5.58. The number of aryl methyl sites for hydroxylation is 1. The van der Waals surface area contributed by atoms with Gasteiger partial charge in [0.15, 0.2) is 0 Å². The first-order valence-corrected chi connectivity index (χ1v) is 8.48. The number of hydrogen-bond acceptors (Lipinski definition) is 4. The Morgan fingerprint density at radius 1 is 1.38 bits per heavy atom. The lowest BCUT2D eigenvalue weighted by Crippen LogP contribution is -2.37. The average molecular weight is 332 g/mol. The van der Waals surface area contributed by atoms with Gasteiger partial charge in [-0.3, -0.25) is 9.88 Å². The van der Waals surface area contributed by atoms with E-state index in [-0.39, 0.29) is 5.82 Å². The molecule has 0 aliphatic carbocycles. The van der Waals surface area contributed by atoms with Crippen LogP contribution in [0.4, 0.5) is 4.39 Å². The molecule has 1 aliphatic heterocycles. The summed E-state index contributed by atoms with van der Waals surface area (Å²) in [6.45, 7) is 6.21. The number of aromatic nitrogens is 3. The normalized spacial score (nSPS) is 18.9. The average Bonchev–Trinajstić information content (AvgIpc) is 2.91. The number of halogens is 1. The van der Waals surface area contributed by atoms with Crippen molar-refractivity contribution < 1.29 is 9.13 Å². The number of methoxy groups -OCH3 is 1. The molecule has 3 rings (SSSR count). The van der Waals surface area contributed by atoms with E-state index >= 15 is 0 Å². The van der Waals surface area contributed by atoms with Gasteiger partial charge in [-0.25, -0.2) is 9.37 Å². The third-order valence-electron chi connectivity index (χ3n) is 4.71. The maximum Gasteiger partial charge on any atom is 0.145 e. The molecule has 0 spiro atoms. The zero-order valence-corrected chi connectivity index (χ0v) is 14.4. The molecule has 2 aromatic rings. The van der Waals surface area contributed by atoms with E-state index in [1.165, 1.54) is 18.3 Å². The van der Waals surface area contributed by atoms with Crippen LogP contribution in [0.3, 0.4) is 0 Å². The first-order chi connectivity index (χ1) is 11.7. The fourth-order valence-electron chi connectivity index (χ4n) is 3.48. The highest BCUT2D eigenvalue weighted by atomic mass is 19.1. The summed E-state index contributed by atoms with van der Waals surface area (Å²) in [7, 11) is 1.69. The Labute approximate surface area is 142 Å². The molecule has 5 nitrogen and oxygen atoms in total. The monoisotopic (exact) mass is 332 g/mol. The lowest BCUT2D eigenvalue weighted by Gasteiger charge is -2.33. The van der Waals surface area contributed by atoms with Crippen molar-refractivity contribution in [1.29, 1.82) is 0 Å². The summed E-state index contributed by atoms with van der Waals surface area (Å²) < 4.78 is 21.3. The minimum absolute atomic E-state index is 0.215. The molecule has 2 aromatic heterocycles. The van der Waals surface area contributed by atoms with Crippen molar-refractivity contribution in [1.82, 2.24) is 19.4 Å². The predicted octanol–water partition coefficient (Wildman–Crippen LogP) is 2.78. The quantitative estimate of drug-likeness (QED) is 0.816. The summed E-state index contributed by atoms with van der Waals surface area (Å²) in [6, 6.07) is 1.77. The van der Waals surface area contributed by atoms with Gasteiger partial charge in [0.25, 0.3) is 0 Å². The van der Waals surface area contributed by atoms with E-state index in [0.717, 1.165) is 37.4 Å². The molecule has 0 N–H and O–H groups in total. The highest BCUT2D eigenvalue weighted by Gasteiger charge is 2.22. The fourth-order valence-corrected chi connectivity index (χ4v) is 3.48. The van der Waals surface area contributed by atoms with Crippen LogP contribution in [-0.2, 0) is 24.4 Å². The van der Waals surface area contributed by atoms with Crippen LogP contribution in [0.25, 0.3) is 0 Å². The van der Waals surface area contributed by atoms with Crippen molar-refractivity contribution >= 4 is 0 Å². The highest BCUT2D eigenvalue weighted by Crippen LogP contribution is 2.22. The molecule has 0 saturated carbocycles. The standard InChI is InChI=1S/C18H25FN4O/c1-14-8-21-18(13-24-2)23(14)11-15-4-3-7-22(10-15)12-16-5-6-20-9-17(16)19/h5-6,8-9,15H,3-4,7,10-13H2,1-2H3. The second-order valence-electron chi connectivity index (χ2n) is 6.57. The molecule has 1 unspecified atom stereocenters. The van der Waals surface area contributed by atoms with Crippen LogP contribution in [0, 0.1) is 18.7 Å². The van der Waals surface area contributed by atoms with Gasteiger partial charge in [-0.1, -0.05) is 0 Å². The van der Waals surface area contributed by atoms with Crippen molar-refractivity contribution in [3.8, 4) is 0 Å². The lowest BCUT2D eigenvalue weighted by atomic mass is 9.97. The first kappa shape index (κ1) is 17.0. The summed E-state index contributed by atoms with van der Waals surface area (Å²) in [6.07, 6.45) is 7.19. The number of ether oxygens (including phenoxy) is 1. The number of imidazole rings is 1. The molecular formula is C18H25FN4O. The number of piperidine rings is 1. The maximum absolute atomic E-state index is 13.8. The Balaban J connectivity index is 1.64. The molecular weight excluding hydrogens is 307 g/mol. The summed E-state index contributed by atoms with van der Waals surface area (Å²) in [4.78, 5) is 10.6. The molecule has 130 valence electrons. The minimum atomic E-state index is -0.215. The Bertz CT molecular complexity index is 673. The zero-order valence-electron chi connectivity index (χ0n) is 14.4. The topological polar surface area (TPSA) is 43.2 Å². The Morgan fingerprint density at radius 3 is 3.04 bits per heavy atom. The van der Waals surface area contributed by atoms with E-state index in [4.69, 9.17) is 4.74 Å². The van der Waals surface area contributed by atoms with Crippen LogP contribution < -0.4 is 0 Å². The minimum Gasteiger partial charge on any atom is -0.377 e. The van der Waals surface area contributed by atoms with Crippen molar-refractivity contribution in [2.24, 2.45) is 5.92 Å². The van der Waals surface area contributed by atoms with Gasteiger partial charge in [0.05, 0.1) is 6.20 Å². The zero-order chi connectivity index (χ0) is 16.9. The van der Waals surface area contributed by atoms with Gasteiger partial charge in [0, 0.05) is 50.4 Å². The van der Waals surface area contributed by atoms with E-state index < -0.39 is 0 Å². The largest absolute Gasteiger partial charge is 0.377 e. The predicted molar refractivity (Wildman–Crippen MR) is 89.9 cm³/mol. The number of rotatable bonds is 6. The third kappa shape index (κ3) is 3.99. The first-order valence-electron chi connectivity index (χ1n) is 8.48. The van der Waals surface area contributed by atoms with Crippen molar-refractivity contribution in [3.05, 3.63) is 47.6 Å². The third-order valence-corrected chi connectivity index (χ3v) is 4.71. The van der Waals surface area contributed by atoms with E-state index in [2.05, 4.69) is 26.4 Å². The summed E-state index contributed by atoms with van der Waals surface area (Å²) in [5.41, 5.74) is 1.89. The van der Waals surface area contributed by atoms with E-state index in [0.29, 0.717) is 19.1 Å². The molecule has 6 heteroatoms. The van der Waals surface area contributed by atoms with Gasteiger partial charge >= 0.3 is 0 Å². The van der Waals surface area contributed by atoms with Gasteiger partial charge in [-0.05, 0) is 38.3 Å². The van der Waals surface area contributed by atoms with E-state index in [9.17, 15) is 4.39 Å². The highest BCUT2D eigenvalue weighted by molar-refractivity contribution is 5.12. The van der Waals surface area contributed by atoms with Gasteiger partial charge in [0.2, 0.25) is 0 Å². The van der Waals surface area contributed by atoms with E-state index in [1.807, 2.05) is 6.20 Å². The van der Waals surface area contributed by atoms with E-state index in [1.54, 1.807) is 19.4 Å². The van der Waals surface area contributed by atoms with Crippen LogP contribution in [-0.4, -0.2) is 39.6 Å². The molecule has 1 aliphatic rings. The number of pyridine rings is 1. The molecule has 1 fully saturated rings. The molecule has 0 amide bonds. The van der Waals surface area contributed by atoms with Gasteiger partial charge in [-0.2, -0.15) is 0 Å². The Hall–Kier alpha value is -1.79. The molecule has 3 heterocycles. The SMILES string of the molecule is COCc1ncc(C)n1CC1CCCN(Cc2ccncc2F)C1. The fraction of sp³-hybridized carbons (Fsp3) is 0.556. The number of likely N-dealkylation sites (tertiary alicyclic amines) is 1. The summed E-state index contributed by atoms with van der Waals surface area (Å²) in [5, 5.41) is 0. The second-order valence-corrected chi connectivity index (χ2v) is 6.57. The smallest absolute Gasteiger partial charge is 0.145 e. The number of hydrogen-bond donors (Lipinski definition) is 0. The molecule has 1 saturated heterocycles. The second kappa shape index (κ2) is 7.85. The summed E-state index contributed by atoms with van der Waals surface area (Å²) >= 11 is 0. The molecule has 0 aromatic carbocycles. The molecule has 0 radical (unpaired) electrons. The lowest BCUT2D eigenvalue weighted by molar-refractivity contribution is 0.146. The van der Waals surface area contributed by atoms with Gasteiger partial charge in [-0.15, -0.1) is 0 Å². The van der Waals surface area contributed by atoms with Crippen LogP contribution >= 0.6 is 0 Å². The summed E-state index contributed by atoms with van der Waals surface area (Å²) in [5.74, 6) is 1.31. The Morgan fingerprint density at radius 2 is 2.25 bits per heavy atom. The molecule has 1 atom stereocenters. The van der Waals surface area contributed by atoms with Crippen molar-refractivity contribution in [3.63, 3.8) is 0 Å². The molecule has 24 heavy (non-hydrogen) atoms. The maximum atomic E-state index is 13.8. The van der Waals surface area contributed by atoms with Crippen LogP contribution in [0.15, 0.2) is 24.7 Å². The van der Waals surface area contributed by atoms with Crippen molar-refractivity contribution in [2.75, 3.05) is 20.2 Å². The van der Waals surface area contributed by atoms with Crippen LogP contribution in [0.2, 0.25) is 0 Å². The van der Waals surface area contributed by atoms with Crippen LogP contribution in [0.5, 0.6) is 0 Å².